The fraction of sp³-hybridized carbons (Fsp3) is 0.485. The predicted octanol–water partition coefficient (Wildman–Crippen LogP) is -5.40. The van der Waals surface area contributed by atoms with Crippen molar-refractivity contribution < 1.29 is 121 Å². The number of nitrogen functional groups attached to an aromatic ring is 1. The normalized spacial score (nSPS) is 21.9. The number of hydrogen-bond acceptors (Lipinski definition) is 23. The number of fused-ring (bicyclic) bond motifs is 1. The highest BCUT2D eigenvalue weighted by molar-refractivity contribution is 7.80. The first-order valence-electron chi connectivity index (χ1n) is 33.3. The van der Waals surface area contributed by atoms with Gasteiger partial charge >= 0.3 is 29.8 Å². The lowest BCUT2D eigenvalue weighted by atomic mass is 9.86. The zero-order chi connectivity index (χ0) is 80.1. The SMILES string of the molecule is CCCCC1NC(=O)CNC(=O)C(NC(=O)C(CC(=O)O)NC(=O)C(CC(N)=O)NC(=O)C(Cc2c[nH]c3ccccc23)NC(C)=S)C(C)OC(=O)C(CC(=O)c2ccccc2N)CC(=O)C(C(C)CC(=O)O)NC(=O)C(CO)NC(=O)CNC(=O)C(CC(=O)O)NC(=O)C(C)NC(=O)C(CC(=O)O)NC1=O. The van der Waals surface area contributed by atoms with Crippen molar-refractivity contribution in [3.8, 4) is 0 Å². The number of aromatic amines is 1. The molecule has 0 aliphatic carbocycles. The zero-order valence-electron chi connectivity index (χ0n) is 58.6. The number of Topliss-reactive ketones (excluding diaryl/α,β-unsaturated/α-hetero) is 2. The number of ether oxygens (including phenoxy) is 1. The number of hydrogen-bond donors (Lipinski definition) is 20. The number of carboxylic acids is 4. The van der Waals surface area contributed by atoms with Crippen molar-refractivity contribution in [3.05, 3.63) is 65.9 Å². The first-order chi connectivity index (χ1) is 50.3. The Bertz CT molecular complexity index is 3890. The number of rotatable bonds is 27. The van der Waals surface area contributed by atoms with Gasteiger partial charge in [-0.15, -0.1) is 0 Å². The van der Waals surface area contributed by atoms with E-state index in [-0.39, 0.29) is 35.5 Å². The summed E-state index contributed by atoms with van der Waals surface area (Å²) in [5, 5.41) is 76.8. The molecule has 0 radical (unpaired) electrons. The summed E-state index contributed by atoms with van der Waals surface area (Å²) in [6.07, 6.45) is -8.20. The Morgan fingerprint density at radius 3 is 1.74 bits per heavy atom. The smallest absolute Gasteiger partial charge is 0.310 e. The Morgan fingerprint density at radius 1 is 0.617 bits per heavy atom. The van der Waals surface area contributed by atoms with Gasteiger partial charge in [0.1, 0.15) is 60.5 Å². The summed E-state index contributed by atoms with van der Waals surface area (Å²) in [5.74, 6) is -30.0. The van der Waals surface area contributed by atoms with Crippen LogP contribution in [0.4, 0.5) is 5.69 Å². The van der Waals surface area contributed by atoms with Gasteiger partial charge in [0, 0.05) is 47.6 Å². The molecular weight excluding hydrogens is 1430 g/mol. The number of carbonyl (C=O) groups excluding carboxylic acids is 15. The number of anilines is 1. The quantitative estimate of drug-likeness (QED) is 0.0147. The lowest BCUT2D eigenvalue weighted by Crippen LogP contribution is -2.61. The molecule has 1 aliphatic heterocycles. The van der Waals surface area contributed by atoms with Crippen LogP contribution in [-0.4, -0.2) is 234 Å². The Hall–Kier alpha value is -12.0. The zero-order valence-corrected chi connectivity index (χ0v) is 59.4. The van der Waals surface area contributed by atoms with Crippen LogP contribution in [-0.2, 0) is 97.5 Å². The molecule has 40 nitrogen and oxygen atoms in total. The van der Waals surface area contributed by atoms with Gasteiger partial charge < -0.3 is 111 Å². The van der Waals surface area contributed by atoms with E-state index in [1.54, 1.807) is 37.4 Å². The third-order valence-corrected chi connectivity index (χ3v) is 16.5. The number of H-pyrrole nitrogens is 1. The highest BCUT2D eigenvalue weighted by atomic mass is 32.1. The summed E-state index contributed by atoms with van der Waals surface area (Å²) < 4.78 is 5.72. The van der Waals surface area contributed by atoms with E-state index >= 15 is 0 Å². The van der Waals surface area contributed by atoms with Crippen LogP contribution in [0.3, 0.4) is 0 Å². The number of nitrogens with one attached hydrogen (secondary N) is 13. The van der Waals surface area contributed by atoms with Crippen molar-refractivity contribution in [2.75, 3.05) is 25.4 Å². The number of benzene rings is 2. The number of aromatic nitrogens is 1. The minimum atomic E-state index is -2.38. The third-order valence-electron chi connectivity index (χ3n) is 16.3. The van der Waals surface area contributed by atoms with Crippen molar-refractivity contribution in [2.24, 2.45) is 17.6 Å². The summed E-state index contributed by atoms with van der Waals surface area (Å²) >= 11 is 5.23. The second-order valence-electron chi connectivity index (χ2n) is 25.0. The Kier molecular flexibility index (Phi) is 34.3. The van der Waals surface area contributed by atoms with E-state index < -0.39 is 255 Å². The Balaban J connectivity index is 1.88. The number of carboxylic acid groups (broad SMARTS) is 4. The summed E-state index contributed by atoms with van der Waals surface area (Å²) in [6.45, 7) is 2.54. The van der Waals surface area contributed by atoms with Gasteiger partial charge in [0.05, 0.1) is 68.7 Å². The average Bonchev–Trinajstić information content (AvgIpc) is 1.83. The number of aliphatic hydroxyl groups excluding tert-OH is 1. The van der Waals surface area contributed by atoms with Gasteiger partial charge in [-0.1, -0.05) is 69.2 Å². The number of esters is 1. The van der Waals surface area contributed by atoms with Crippen LogP contribution in [0.25, 0.3) is 10.9 Å². The Labute approximate surface area is 614 Å². The van der Waals surface area contributed by atoms with Crippen LogP contribution in [0, 0.1) is 11.8 Å². The number of thiocarbonyl (C=S) groups is 1. The van der Waals surface area contributed by atoms with Crippen molar-refractivity contribution in [1.82, 2.24) is 68.8 Å². The fourth-order valence-corrected chi connectivity index (χ4v) is 11.0. The minimum absolute atomic E-state index is 0.0840. The molecule has 12 amide bonds. The van der Waals surface area contributed by atoms with E-state index in [2.05, 4.69) is 52.8 Å². The number of carbonyl (C=O) groups is 19. The van der Waals surface area contributed by atoms with Crippen LogP contribution >= 0.6 is 12.2 Å². The molecular formula is C66H87N15O25S. The number of amides is 12. The topological polar surface area (TPSA) is 647 Å². The van der Waals surface area contributed by atoms with E-state index in [0.29, 0.717) is 22.9 Å². The maximum absolute atomic E-state index is 14.8. The largest absolute Gasteiger partial charge is 0.481 e. The molecule has 13 unspecified atom stereocenters. The molecule has 107 heavy (non-hydrogen) atoms. The summed E-state index contributed by atoms with van der Waals surface area (Å²) in [6, 6.07) is -7.24. The van der Waals surface area contributed by atoms with Crippen LogP contribution in [0.15, 0.2) is 54.7 Å². The number of primary amides is 1. The molecule has 22 N–H and O–H groups in total. The van der Waals surface area contributed by atoms with E-state index in [4.69, 9.17) is 28.4 Å². The van der Waals surface area contributed by atoms with E-state index in [0.717, 1.165) is 20.8 Å². The van der Waals surface area contributed by atoms with Gasteiger partial charge in [0.15, 0.2) is 11.6 Å². The molecule has 3 aromatic rings. The summed E-state index contributed by atoms with van der Waals surface area (Å²) in [4.78, 5) is 261. The van der Waals surface area contributed by atoms with Gasteiger partial charge in [-0.3, -0.25) is 91.1 Å². The molecule has 1 fully saturated rings. The van der Waals surface area contributed by atoms with E-state index in [1.807, 2.05) is 16.0 Å². The molecule has 0 saturated carbocycles. The lowest BCUT2D eigenvalue weighted by Gasteiger charge is -2.29. The molecule has 1 aliphatic rings. The standard InChI is InChI=1S/C66H87N15O25S/c1-6-7-15-39-59(98)78-43(23-53(92)93)60(99)72-30(3)57(96)76-42(22-52(90)91)58(97)70-26-50(87)75-45(28-82)64(103)80-55(29(2)17-51(88)89)47(84)20-33(19-46(83)36-13-8-10-14-37(36)67)66(105)106-31(4)56(65(104)71-27-49(86)74-39)81-63(102)44(24-54(94)95)79-62(101)41(21-48(68)85)77-61(100)40(73-32(5)107)18-34-25-69-38-16-11-9-12-35(34)38/h8-14,16,25,29-31,33,39-45,55-56,69,82H,6-7,15,17-24,26-28,67H2,1-5H3,(H2,68,85)(H,70,97)(H,71,104)(H,72,99)(H,73,107)(H,74,86)(H,75,87)(H,76,96)(H,77,100)(H,78,98)(H,79,101)(H,80,103)(H,81,102)(H,88,89)(H,90,91)(H,92,93)(H,94,95). The number of unbranched alkanes of at least 4 members (excludes halogenated alkanes) is 1. The molecule has 0 bridgehead atoms. The van der Waals surface area contributed by atoms with E-state index in [1.165, 1.54) is 31.2 Å². The molecule has 1 saturated heterocycles. The van der Waals surface area contributed by atoms with Gasteiger partial charge in [0.25, 0.3) is 0 Å². The van der Waals surface area contributed by atoms with Crippen molar-refractivity contribution >= 4 is 146 Å². The lowest BCUT2D eigenvalue weighted by molar-refractivity contribution is -0.158. The number of ketones is 2. The van der Waals surface area contributed by atoms with Crippen LogP contribution in [0.2, 0.25) is 0 Å². The van der Waals surface area contributed by atoms with Gasteiger partial charge in [0.2, 0.25) is 70.9 Å². The maximum atomic E-state index is 14.8. The van der Waals surface area contributed by atoms with Crippen molar-refractivity contribution in [2.45, 2.75) is 172 Å². The van der Waals surface area contributed by atoms with Crippen LogP contribution in [0.1, 0.15) is 115 Å². The number of nitrogens with two attached hydrogens (primary N) is 2. The predicted molar refractivity (Wildman–Crippen MR) is 373 cm³/mol. The molecule has 0 spiro atoms. The van der Waals surface area contributed by atoms with E-state index in [9.17, 15) is 117 Å². The van der Waals surface area contributed by atoms with Crippen LogP contribution < -0.4 is 75.3 Å². The molecule has 582 valence electrons. The molecule has 1 aromatic heterocycles. The highest BCUT2D eigenvalue weighted by Crippen LogP contribution is 2.24. The molecule has 4 rings (SSSR count). The number of cyclic esters (lactones) is 1. The Morgan fingerprint density at radius 2 is 1.16 bits per heavy atom. The monoisotopic (exact) mass is 1520 g/mol. The minimum Gasteiger partial charge on any atom is -0.481 e. The number of aliphatic carboxylic acids is 4. The number of aliphatic hydroxyl groups is 1. The van der Waals surface area contributed by atoms with Gasteiger partial charge in [-0.2, -0.15) is 0 Å². The van der Waals surface area contributed by atoms with Crippen molar-refractivity contribution in [3.63, 3.8) is 0 Å². The highest BCUT2D eigenvalue weighted by Gasteiger charge is 2.41. The number of para-hydroxylation sites is 2. The third kappa shape index (κ3) is 28.5. The second kappa shape index (κ2) is 42.0. The van der Waals surface area contributed by atoms with Gasteiger partial charge in [-0.25, -0.2) is 0 Å². The molecule has 2 aromatic carbocycles. The second-order valence-corrected chi connectivity index (χ2v) is 25.6. The molecule has 41 heteroatoms. The average molecular weight is 1520 g/mol. The molecule has 13 atom stereocenters. The first kappa shape index (κ1) is 87.4. The summed E-state index contributed by atoms with van der Waals surface area (Å²) in [5.41, 5.74) is 12.5. The maximum Gasteiger partial charge on any atom is 0.310 e. The first-order valence-corrected chi connectivity index (χ1v) is 33.7. The fourth-order valence-electron chi connectivity index (χ4n) is 10.8. The summed E-state index contributed by atoms with van der Waals surface area (Å²) in [7, 11) is 0. The van der Waals surface area contributed by atoms with Gasteiger partial charge in [-0.05, 0) is 56.9 Å². The van der Waals surface area contributed by atoms with Crippen molar-refractivity contribution in [1.29, 1.82) is 0 Å². The van der Waals surface area contributed by atoms with Crippen LogP contribution in [0.5, 0.6) is 0 Å². The molecule has 2 heterocycles.